The Bertz CT molecular complexity index is 2350. The van der Waals surface area contributed by atoms with Crippen LogP contribution in [-0.2, 0) is 25.6 Å². The summed E-state index contributed by atoms with van der Waals surface area (Å²) in [5, 5.41) is 25.2. The molecule has 2 fully saturated rings. The second-order valence-electron chi connectivity index (χ2n) is 20.6. The predicted molar refractivity (Wildman–Crippen MR) is 283 cm³/mol. The van der Waals surface area contributed by atoms with E-state index in [2.05, 4.69) is 19.6 Å². The standard InChI is InChI=1S/C60H80N2O12/c1-3-5-6-7-8-9-10-11-12-18-34-68-59(66)62(40-43-26-28-53-54(36-43)70-42-69-53)55-39-51(61-74-56-25-15-19-33-67-56)49-37-45(22-13-16-30-63)48(24-14-17-31-64)57-50-38-47(72-46-23-20-21-44(35-46)41-65)27-29-52(50)73-60(55,58(49)57)71-32-4-2/h4,20-21,23,26-29,35-38,41,45,48,55-58,63-64H,2-3,5-19,22,24-25,30-34,39-40,42H2,1H3. The summed E-state index contributed by atoms with van der Waals surface area (Å²) in [6, 6.07) is 17.8. The molecule has 7 unspecified atom stereocenters. The summed E-state index contributed by atoms with van der Waals surface area (Å²) in [6.45, 7) is 7.68. The molecule has 0 radical (unpaired) electrons. The van der Waals surface area contributed by atoms with Crippen LogP contribution in [0.1, 0.15) is 163 Å². The number of aldehydes is 1. The third-order valence-corrected chi connectivity index (χ3v) is 15.4. The number of aliphatic hydroxyl groups excluding tert-OH is 2. The largest absolute Gasteiger partial charge is 0.459 e. The minimum atomic E-state index is -1.52. The number of hydrogen-bond acceptors (Lipinski definition) is 13. The van der Waals surface area contributed by atoms with Gasteiger partial charge in [0, 0.05) is 49.6 Å². The summed E-state index contributed by atoms with van der Waals surface area (Å²) in [7, 11) is 0. The average Bonchev–Trinajstić information content (AvgIpc) is 3.91. The first-order chi connectivity index (χ1) is 36.4. The van der Waals surface area contributed by atoms with Crippen molar-refractivity contribution in [3.05, 3.63) is 102 Å². The van der Waals surface area contributed by atoms with E-state index in [1.165, 1.54) is 44.9 Å². The van der Waals surface area contributed by atoms with Gasteiger partial charge in [0.25, 0.3) is 0 Å². The lowest BCUT2D eigenvalue weighted by molar-refractivity contribution is -0.256. The first kappa shape index (κ1) is 54.8. The normalized spacial score (nSPS) is 24.0. The molecule has 74 heavy (non-hydrogen) atoms. The molecule has 1 amide bonds. The highest BCUT2D eigenvalue weighted by molar-refractivity contribution is 6.03. The molecule has 1 saturated heterocycles. The van der Waals surface area contributed by atoms with E-state index >= 15 is 4.79 Å². The quantitative estimate of drug-likeness (QED) is 0.0281. The summed E-state index contributed by atoms with van der Waals surface area (Å²) in [5.74, 6) is 0.557. The van der Waals surface area contributed by atoms with Crippen molar-refractivity contribution in [1.29, 1.82) is 0 Å². The minimum Gasteiger partial charge on any atom is -0.459 e. The lowest BCUT2D eigenvalue weighted by Crippen LogP contribution is -2.70. The zero-order valence-corrected chi connectivity index (χ0v) is 43.6. The second-order valence-corrected chi connectivity index (χ2v) is 20.6. The lowest BCUT2D eigenvalue weighted by atomic mass is 9.55. The third-order valence-electron chi connectivity index (χ3n) is 15.4. The number of benzene rings is 3. The molecule has 0 bridgehead atoms. The van der Waals surface area contributed by atoms with Crippen molar-refractivity contribution in [3.8, 4) is 28.7 Å². The highest BCUT2D eigenvalue weighted by atomic mass is 16.8. The van der Waals surface area contributed by atoms with E-state index in [9.17, 15) is 15.0 Å². The molecule has 2 aliphatic carbocycles. The Morgan fingerprint density at radius 2 is 1.61 bits per heavy atom. The van der Waals surface area contributed by atoms with Crippen LogP contribution in [0.5, 0.6) is 28.7 Å². The molecule has 0 spiro atoms. The number of rotatable bonds is 30. The molecule has 3 aromatic rings. The number of aliphatic hydroxyl groups is 2. The predicted octanol–water partition coefficient (Wildman–Crippen LogP) is 12.7. The fourth-order valence-electron chi connectivity index (χ4n) is 11.8. The van der Waals surface area contributed by atoms with E-state index < -0.39 is 30.1 Å². The summed E-state index contributed by atoms with van der Waals surface area (Å²) >= 11 is 0. The van der Waals surface area contributed by atoms with Crippen molar-refractivity contribution in [3.63, 3.8) is 0 Å². The van der Waals surface area contributed by atoms with Crippen molar-refractivity contribution in [1.82, 2.24) is 4.90 Å². The van der Waals surface area contributed by atoms with Crippen molar-refractivity contribution in [2.24, 2.45) is 22.9 Å². The van der Waals surface area contributed by atoms with Crippen LogP contribution in [0.3, 0.4) is 0 Å². The lowest BCUT2D eigenvalue weighted by Gasteiger charge is -2.60. The fraction of sp³-hybridized carbons (Fsp3) is 0.583. The maximum absolute atomic E-state index is 15.3. The van der Waals surface area contributed by atoms with Crippen LogP contribution in [0.15, 0.2) is 90.1 Å². The van der Waals surface area contributed by atoms with Gasteiger partial charge in [0.05, 0.1) is 31.5 Å². The number of unbranched alkanes of at least 4 members (excludes halogenated alkanes) is 11. The van der Waals surface area contributed by atoms with Gasteiger partial charge in [0.2, 0.25) is 18.9 Å². The van der Waals surface area contributed by atoms with Crippen molar-refractivity contribution >= 4 is 18.1 Å². The van der Waals surface area contributed by atoms with Crippen LogP contribution in [0.4, 0.5) is 4.79 Å². The smallest absolute Gasteiger partial charge is 0.410 e. The number of carbonyl (C=O) groups is 2. The van der Waals surface area contributed by atoms with Crippen LogP contribution in [-0.4, -0.2) is 91.2 Å². The van der Waals surface area contributed by atoms with Crippen LogP contribution in [0.2, 0.25) is 0 Å². The SMILES string of the molecule is C=CCOC12Oc3ccc(Oc4cccc(C=O)c4)cc3C3C(CCCCO)C(CCCCO)C=C(C(=NOC4CCCCO4)CC1N(Cc1ccc4c(c1)OCO4)C(=O)OCCCCCCCCCCCC)C32. The molecule has 7 atom stereocenters. The second kappa shape index (κ2) is 27.9. The molecule has 14 nitrogen and oxygen atoms in total. The molecule has 3 aromatic carbocycles. The van der Waals surface area contributed by atoms with Gasteiger partial charge in [-0.1, -0.05) is 113 Å². The van der Waals surface area contributed by atoms with E-state index in [0.717, 1.165) is 80.8 Å². The first-order valence-electron chi connectivity index (χ1n) is 27.8. The van der Waals surface area contributed by atoms with Crippen LogP contribution in [0.25, 0.3) is 0 Å². The molecule has 0 aromatic heterocycles. The van der Waals surface area contributed by atoms with Crippen LogP contribution >= 0.6 is 0 Å². The summed E-state index contributed by atoms with van der Waals surface area (Å²) in [6.07, 6.45) is 22.6. The number of nitrogens with zero attached hydrogens (tertiary/aromatic N) is 2. The highest BCUT2D eigenvalue weighted by Crippen LogP contribution is 2.62. The van der Waals surface area contributed by atoms with Gasteiger partial charge < -0.3 is 48.2 Å². The van der Waals surface area contributed by atoms with Crippen molar-refractivity contribution < 1.29 is 57.8 Å². The Kier molecular flexibility index (Phi) is 20.7. The average molecular weight is 1020 g/mol. The monoisotopic (exact) mass is 1020 g/mol. The van der Waals surface area contributed by atoms with Crippen molar-refractivity contribution in [2.45, 2.75) is 166 Å². The molecule has 2 N–H and O–H groups in total. The van der Waals surface area contributed by atoms with Gasteiger partial charge in [0.15, 0.2) is 11.5 Å². The molecule has 402 valence electrons. The van der Waals surface area contributed by atoms with Gasteiger partial charge in [-0.25, -0.2) is 4.79 Å². The van der Waals surface area contributed by atoms with E-state index in [1.807, 2.05) is 42.5 Å². The van der Waals surface area contributed by atoms with Gasteiger partial charge in [0.1, 0.15) is 29.6 Å². The maximum Gasteiger partial charge on any atom is 0.410 e. The number of allylic oxidation sites excluding steroid dienone is 1. The molecular weight excluding hydrogens is 941 g/mol. The molecule has 3 aliphatic heterocycles. The number of fused-ring (bicyclic) bond motifs is 3. The third kappa shape index (κ3) is 13.7. The van der Waals surface area contributed by atoms with Gasteiger partial charge in [-0.3, -0.25) is 9.69 Å². The molecule has 14 heteroatoms. The molecule has 3 heterocycles. The number of hydrogen-bond donors (Lipinski definition) is 2. The zero-order valence-electron chi connectivity index (χ0n) is 43.6. The zero-order chi connectivity index (χ0) is 51.5. The maximum atomic E-state index is 15.3. The molecule has 1 saturated carbocycles. The molecule has 8 rings (SSSR count). The van der Waals surface area contributed by atoms with E-state index in [1.54, 1.807) is 29.2 Å². The highest BCUT2D eigenvalue weighted by Gasteiger charge is 2.66. The first-order valence-corrected chi connectivity index (χ1v) is 27.8. The van der Waals surface area contributed by atoms with E-state index in [4.69, 9.17) is 43.2 Å². The van der Waals surface area contributed by atoms with Gasteiger partial charge >= 0.3 is 6.09 Å². The van der Waals surface area contributed by atoms with Gasteiger partial charge in [-0.15, -0.1) is 6.58 Å². The minimum absolute atomic E-state index is 0.00908. The van der Waals surface area contributed by atoms with Gasteiger partial charge in [-0.05, 0) is 110 Å². The Morgan fingerprint density at radius 3 is 2.36 bits per heavy atom. The Balaban J connectivity index is 1.23. The molecular formula is C60H80N2O12. The number of oxime groups is 1. The Labute approximate surface area is 438 Å². The summed E-state index contributed by atoms with van der Waals surface area (Å²) in [5.41, 5.74) is 3.79. The van der Waals surface area contributed by atoms with Crippen LogP contribution < -0.4 is 18.9 Å². The fourth-order valence-corrected chi connectivity index (χ4v) is 11.8. The molecule has 5 aliphatic rings. The summed E-state index contributed by atoms with van der Waals surface area (Å²) < 4.78 is 45.3. The van der Waals surface area contributed by atoms with E-state index in [-0.39, 0.29) is 63.9 Å². The van der Waals surface area contributed by atoms with Crippen LogP contribution in [0, 0.1) is 17.8 Å². The number of amides is 1. The Morgan fingerprint density at radius 1 is 0.851 bits per heavy atom. The van der Waals surface area contributed by atoms with Gasteiger partial charge in [-0.2, -0.15) is 0 Å². The summed E-state index contributed by atoms with van der Waals surface area (Å²) in [4.78, 5) is 35.2. The number of ether oxygens (including phenoxy) is 7. The Hall–Kier alpha value is -5.41. The number of carbonyl (C=O) groups excluding carboxylic acids is 2. The van der Waals surface area contributed by atoms with E-state index in [0.29, 0.717) is 65.9 Å². The topological polar surface area (TPSA) is 164 Å². The van der Waals surface area contributed by atoms with Crippen molar-refractivity contribution in [2.75, 3.05) is 39.8 Å².